The fourth-order valence-corrected chi connectivity index (χ4v) is 2.60. The number of aliphatic carboxylic acids is 1. The lowest BCUT2D eigenvalue weighted by Gasteiger charge is -2.37. The fraction of sp³-hybridized carbons (Fsp3) is 0.467. The van der Waals surface area contributed by atoms with E-state index >= 15 is 0 Å². The summed E-state index contributed by atoms with van der Waals surface area (Å²) in [7, 11) is 0. The molecule has 2 N–H and O–H groups in total. The predicted molar refractivity (Wildman–Crippen MR) is 71.5 cm³/mol. The molecule has 1 fully saturated rings. The van der Waals surface area contributed by atoms with Gasteiger partial charge in [0, 0.05) is 12.0 Å². The standard InChI is InChI=1S/C15H17F2NO3/c1-9(10-4-2-5-11(16)13(10)17)18-12(19)8-15(14(20)21)6-3-7-15/h2,4-5,9H,3,6-8H2,1H3,(H,18,19)(H,20,21). The first-order chi connectivity index (χ1) is 9.85. The summed E-state index contributed by atoms with van der Waals surface area (Å²) in [5.74, 6) is -3.42. The lowest BCUT2D eigenvalue weighted by molar-refractivity contribution is -0.157. The summed E-state index contributed by atoms with van der Waals surface area (Å²) in [6.45, 7) is 1.53. The third-order valence-electron chi connectivity index (χ3n) is 4.09. The van der Waals surface area contributed by atoms with Gasteiger partial charge in [-0.05, 0) is 25.8 Å². The second-order valence-corrected chi connectivity index (χ2v) is 5.55. The second kappa shape index (κ2) is 5.79. The van der Waals surface area contributed by atoms with Gasteiger partial charge >= 0.3 is 5.97 Å². The van der Waals surface area contributed by atoms with E-state index in [0.717, 1.165) is 12.5 Å². The van der Waals surface area contributed by atoms with Gasteiger partial charge in [-0.3, -0.25) is 9.59 Å². The molecular weight excluding hydrogens is 280 g/mol. The van der Waals surface area contributed by atoms with Crippen molar-refractivity contribution in [2.75, 3.05) is 0 Å². The van der Waals surface area contributed by atoms with Crippen molar-refractivity contribution < 1.29 is 23.5 Å². The molecule has 1 saturated carbocycles. The van der Waals surface area contributed by atoms with Crippen molar-refractivity contribution in [2.45, 2.75) is 38.6 Å². The molecular formula is C15H17F2NO3. The Hall–Kier alpha value is -1.98. The van der Waals surface area contributed by atoms with Crippen LogP contribution in [0.4, 0.5) is 8.78 Å². The molecule has 2 rings (SSSR count). The second-order valence-electron chi connectivity index (χ2n) is 5.55. The van der Waals surface area contributed by atoms with E-state index in [0.29, 0.717) is 12.8 Å². The highest BCUT2D eigenvalue weighted by atomic mass is 19.2. The third kappa shape index (κ3) is 3.04. The van der Waals surface area contributed by atoms with Crippen molar-refractivity contribution in [1.29, 1.82) is 0 Å². The topological polar surface area (TPSA) is 66.4 Å². The molecule has 114 valence electrons. The van der Waals surface area contributed by atoms with Crippen molar-refractivity contribution in [3.05, 3.63) is 35.4 Å². The molecule has 21 heavy (non-hydrogen) atoms. The van der Waals surface area contributed by atoms with E-state index in [2.05, 4.69) is 5.32 Å². The van der Waals surface area contributed by atoms with E-state index in [4.69, 9.17) is 0 Å². The lowest BCUT2D eigenvalue weighted by Crippen LogP contribution is -2.43. The molecule has 0 bridgehead atoms. The quantitative estimate of drug-likeness (QED) is 0.878. The zero-order valence-corrected chi connectivity index (χ0v) is 11.7. The van der Waals surface area contributed by atoms with Crippen LogP contribution in [0.15, 0.2) is 18.2 Å². The first kappa shape index (κ1) is 15.4. The Morgan fingerprint density at radius 3 is 2.57 bits per heavy atom. The minimum Gasteiger partial charge on any atom is -0.481 e. The van der Waals surface area contributed by atoms with Crippen LogP contribution in [0.2, 0.25) is 0 Å². The molecule has 1 aliphatic rings. The summed E-state index contributed by atoms with van der Waals surface area (Å²) < 4.78 is 26.8. The summed E-state index contributed by atoms with van der Waals surface area (Å²) in [6.07, 6.45) is 1.59. The van der Waals surface area contributed by atoms with E-state index in [1.54, 1.807) is 0 Å². The van der Waals surface area contributed by atoms with Gasteiger partial charge in [-0.2, -0.15) is 0 Å². The molecule has 1 aliphatic carbocycles. The Labute approximate surface area is 121 Å². The lowest BCUT2D eigenvalue weighted by atomic mass is 9.66. The van der Waals surface area contributed by atoms with E-state index < -0.39 is 35.0 Å². The maximum atomic E-state index is 13.6. The summed E-state index contributed by atoms with van der Waals surface area (Å²) in [6, 6.07) is 3.03. The van der Waals surface area contributed by atoms with Gasteiger partial charge in [0.2, 0.25) is 5.91 Å². The van der Waals surface area contributed by atoms with Gasteiger partial charge in [0.1, 0.15) is 0 Å². The average molecular weight is 297 g/mol. The van der Waals surface area contributed by atoms with Crippen molar-refractivity contribution in [3.63, 3.8) is 0 Å². The van der Waals surface area contributed by atoms with Gasteiger partial charge in [0.15, 0.2) is 11.6 Å². The van der Waals surface area contributed by atoms with Crippen LogP contribution in [0.1, 0.15) is 44.2 Å². The Balaban J connectivity index is 2.02. The van der Waals surface area contributed by atoms with E-state index in [-0.39, 0.29) is 12.0 Å². The molecule has 0 spiro atoms. The maximum Gasteiger partial charge on any atom is 0.310 e. The number of hydrogen-bond acceptors (Lipinski definition) is 2. The zero-order chi connectivity index (χ0) is 15.6. The first-order valence-electron chi connectivity index (χ1n) is 6.82. The fourth-order valence-electron chi connectivity index (χ4n) is 2.60. The third-order valence-corrected chi connectivity index (χ3v) is 4.09. The number of nitrogens with one attached hydrogen (secondary N) is 1. The minimum atomic E-state index is -0.998. The molecule has 0 aliphatic heterocycles. The molecule has 0 heterocycles. The number of carbonyl (C=O) groups excluding carboxylic acids is 1. The molecule has 0 saturated heterocycles. The Kier molecular flexibility index (Phi) is 4.25. The average Bonchev–Trinajstić information content (AvgIpc) is 2.36. The van der Waals surface area contributed by atoms with Crippen LogP contribution < -0.4 is 5.32 Å². The van der Waals surface area contributed by atoms with Crippen LogP contribution in [0, 0.1) is 17.0 Å². The maximum absolute atomic E-state index is 13.6. The number of rotatable bonds is 5. The van der Waals surface area contributed by atoms with E-state index in [1.165, 1.54) is 19.1 Å². The van der Waals surface area contributed by atoms with Crippen LogP contribution in [0.3, 0.4) is 0 Å². The number of carboxylic acid groups (broad SMARTS) is 1. The van der Waals surface area contributed by atoms with Gasteiger partial charge in [-0.1, -0.05) is 18.6 Å². The number of benzene rings is 1. The highest BCUT2D eigenvalue weighted by Crippen LogP contribution is 2.44. The molecule has 1 unspecified atom stereocenters. The SMILES string of the molecule is CC(NC(=O)CC1(C(=O)O)CCC1)c1cccc(F)c1F. The molecule has 1 atom stereocenters. The number of carbonyl (C=O) groups is 2. The van der Waals surface area contributed by atoms with Gasteiger partial charge in [-0.25, -0.2) is 8.78 Å². The van der Waals surface area contributed by atoms with Gasteiger partial charge in [-0.15, -0.1) is 0 Å². The van der Waals surface area contributed by atoms with Gasteiger partial charge < -0.3 is 10.4 Å². The summed E-state index contributed by atoms with van der Waals surface area (Å²) in [5, 5.41) is 11.7. The highest BCUT2D eigenvalue weighted by Gasteiger charge is 2.46. The van der Waals surface area contributed by atoms with Crippen LogP contribution in [0.25, 0.3) is 0 Å². The minimum absolute atomic E-state index is 0.0429. The van der Waals surface area contributed by atoms with Crippen molar-refractivity contribution in [2.24, 2.45) is 5.41 Å². The number of hydrogen-bond donors (Lipinski definition) is 2. The van der Waals surface area contributed by atoms with Crippen LogP contribution in [0.5, 0.6) is 0 Å². The molecule has 4 nitrogen and oxygen atoms in total. The number of halogens is 2. The van der Waals surface area contributed by atoms with Crippen molar-refractivity contribution in [1.82, 2.24) is 5.32 Å². The highest BCUT2D eigenvalue weighted by molar-refractivity contribution is 5.85. The molecule has 6 heteroatoms. The summed E-state index contributed by atoms with van der Waals surface area (Å²) in [4.78, 5) is 23.1. The largest absolute Gasteiger partial charge is 0.481 e. The number of amides is 1. The molecule has 1 amide bonds. The summed E-state index contributed by atoms with van der Waals surface area (Å²) in [5.41, 5.74) is -0.953. The monoisotopic (exact) mass is 297 g/mol. The summed E-state index contributed by atoms with van der Waals surface area (Å²) >= 11 is 0. The van der Waals surface area contributed by atoms with Gasteiger partial charge in [0.05, 0.1) is 11.5 Å². The predicted octanol–water partition coefficient (Wildman–Crippen LogP) is 2.79. The smallest absolute Gasteiger partial charge is 0.310 e. The first-order valence-corrected chi connectivity index (χ1v) is 6.82. The van der Waals surface area contributed by atoms with Crippen molar-refractivity contribution >= 4 is 11.9 Å². The molecule has 1 aromatic carbocycles. The van der Waals surface area contributed by atoms with Crippen LogP contribution in [-0.4, -0.2) is 17.0 Å². The molecule has 1 aromatic rings. The normalized spacial score (nSPS) is 17.7. The molecule has 0 radical (unpaired) electrons. The Morgan fingerprint density at radius 2 is 2.05 bits per heavy atom. The number of carboxylic acids is 1. The van der Waals surface area contributed by atoms with E-state index in [1.807, 2.05) is 0 Å². The van der Waals surface area contributed by atoms with E-state index in [9.17, 15) is 23.5 Å². The van der Waals surface area contributed by atoms with Gasteiger partial charge in [0.25, 0.3) is 0 Å². The van der Waals surface area contributed by atoms with Crippen molar-refractivity contribution in [3.8, 4) is 0 Å². The van der Waals surface area contributed by atoms with Crippen LogP contribution >= 0.6 is 0 Å². The zero-order valence-electron chi connectivity index (χ0n) is 11.7. The Bertz CT molecular complexity index is 570. The van der Waals surface area contributed by atoms with Crippen LogP contribution in [-0.2, 0) is 9.59 Å². The molecule has 0 aromatic heterocycles. The Morgan fingerprint density at radius 1 is 1.38 bits per heavy atom.